The number of aliphatic hydroxyl groups excluding tert-OH is 1. The van der Waals surface area contributed by atoms with Crippen molar-refractivity contribution in [3.63, 3.8) is 0 Å². The van der Waals surface area contributed by atoms with Gasteiger partial charge in [0.1, 0.15) is 23.2 Å². The first kappa shape index (κ1) is 15.8. The molecular weight excluding hydrogens is 290 g/mol. The van der Waals surface area contributed by atoms with Gasteiger partial charge in [-0.3, -0.25) is 0 Å². The van der Waals surface area contributed by atoms with Crippen molar-refractivity contribution in [3.05, 3.63) is 60.2 Å². The highest BCUT2D eigenvalue weighted by Crippen LogP contribution is 2.36. The molecule has 0 aliphatic rings. The maximum absolute atomic E-state index is 10.2. The summed E-state index contributed by atoms with van der Waals surface area (Å²) in [5.74, 6) is 1.44. The molecule has 0 radical (unpaired) electrons. The van der Waals surface area contributed by atoms with Crippen molar-refractivity contribution < 1.29 is 13.9 Å². The van der Waals surface area contributed by atoms with E-state index in [9.17, 15) is 5.11 Å². The van der Waals surface area contributed by atoms with E-state index >= 15 is 0 Å². The Labute approximate surface area is 136 Å². The summed E-state index contributed by atoms with van der Waals surface area (Å²) in [5, 5.41) is 14.7. The van der Waals surface area contributed by atoms with Crippen molar-refractivity contribution in [1.29, 1.82) is 0 Å². The molecule has 0 aliphatic heterocycles. The Morgan fingerprint density at radius 3 is 2.52 bits per heavy atom. The number of hydrogen-bond acceptors (Lipinski definition) is 4. The lowest BCUT2D eigenvalue weighted by atomic mass is 9.85. The van der Waals surface area contributed by atoms with Gasteiger partial charge >= 0.3 is 0 Å². The number of hydrogen-bond donors (Lipinski definition) is 2. The summed E-state index contributed by atoms with van der Waals surface area (Å²) in [4.78, 5) is 0. The van der Waals surface area contributed by atoms with Gasteiger partial charge in [0, 0.05) is 11.9 Å². The SMILES string of the molecule is CC(C)(C)[C@@H](NC[C@@H](O)c1ccco1)c1cc2ccccc2o1. The van der Waals surface area contributed by atoms with Crippen LogP contribution in [0, 0.1) is 5.41 Å². The van der Waals surface area contributed by atoms with Gasteiger partial charge in [0.2, 0.25) is 0 Å². The molecule has 0 saturated heterocycles. The maximum atomic E-state index is 10.2. The third kappa shape index (κ3) is 3.49. The molecule has 3 rings (SSSR count). The molecule has 0 fully saturated rings. The minimum Gasteiger partial charge on any atom is -0.467 e. The topological polar surface area (TPSA) is 58.5 Å². The van der Waals surface area contributed by atoms with Crippen LogP contribution in [-0.2, 0) is 0 Å². The Morgan fingerprint density at radius 2 is 1.87 bits per heavy atom. The summed E-state index contributed by atoms with van der Waals surface area (Å²) in [5.41, 5.74) is 0.821. The van der Waals surface area contributed by atoms with Crippen molar-refractivity contribution in [2.45, 2.75) is 32.9 Å². The van der Waals surface area contributed by atoms with Crippen LogP contribution < -0.4 is 5.32 Å². The predicted molar refractivity (Wildman–Crippen MR) is 90.1 cm³/mol. The molecule has 0 unspecified atom stereocenters. The van der Waals surface area contributed by atoms with E-state index in [1.54, 1.807) is 18.4 Å². The minimum atomic E-state index is -0.681. The van der Waals surface area contributed by atoms with Crippen LogP contribution in [0.2, 0.25) is 0 Å². The fourth-order valence-corrected chi connectivity index (χ4v) is 2.79. The van der Waals surface area contributed by atoms with Crippen molar-refractivity contribution >= 4 is 11.0 Å². The predicted octanol–water partition coefficient (Wildman–Crippen LogP) is 4.44. The monoisotopic (exact) mass is 313 g/mol. The lowest BCUT2D eigenvalue weighted by molar-refractivity contribution is 0.128. The second-order valence-electron chi connectivity index (χ2n) is 6.93. The highest BCUT2D eigenvalue weighted by molar-refractivity contribution is 5.77. The van der Waals surface area contributed by atoms with Crippen molar-refractivity contribution in [2.24, 2.45) is 5.41 Å². The van der Waals surface area contributed by atoms with E-state index < -0.39 is 6.10 Å². The first-order valence-corrected chi connectivity index (χ1v) is 7.88. The molecule has 0 spiro atoms. The number of aliphatic hydroxyl groups is 1. The van der Waals surface area contributed by atoms with Gasteiger partial charge in [0.05, 0.1) is 12.3 Å². The van der Waals surface area contributed by atoms with Crippen molar-refractivity contribution in [2.75, 3.05) is 6.54 Å². The Morgan fingerprint density at radius 1 is 1.09 bits per heavy atom. The van der Waals surface area contributed by atoms with Crippen LogP contribution in [0.1, 0.15) is 44.4 Å². The molecule has 2 N–H and O–H groups in total. The normalized spacial score (nSPS) is 15.0. The lowest BCUT2D eigenvalue weighted by Gasteiger charge is -2.30. The van der Waals surface area contributed by atoms with Crippen LogP contribution >= 0.6 is 0 Å². The van der Waals surface area contributed by atoms with Crippen LogP contribution in [0.5, 0.6) is 0 Å². The molecule has 122 valence electrons. The van der Waals surface area contributed by atoms with Crippen LogP contribution in [0.15, 0.2) is 57.6 Å². The molecule has 0 aliphatic carbocycles. The fraction of sp³-hybridized carbons (Fsp3) is 0.368. The first-order chi connectivity index (χ1) is 10.9. The molecular formula is C19H23NO3. The molecule has 4 heteroatoms. The van der Waals surface area contributed by atoms with E-state index in [0.717, 1.165) is 16.7 Å². The molecule has 4 nitrogen and oxygen atoms in total. The number of benzene rings is 1. The molecule has 23 heavy (non-hydrogen) atoms. The molecule has 2 atom stereocenters. The van der Waals surface area contributed by atoms with Crippen molar-refractivity contribution in [3.8, 4) is 0 Å². The van der Waals surface area contributed by atoms with E-state index in [2.05, 4.69) is 32.2 Å². The summed E-state index contributed by atoms with van der Waals surface area (Å²) in [6, 6.07) is 13.6. The average molecular weight is 313 g/mol. The zero-order chi connectivity index (χ0) is 16.4. The highest BCUT2D eigenvalue weighted by atomic mass is 16.4. The standard InChI is InChI=1S/C19H23NO3/c1-19(2,3)18(20-12-14(21)16-9-6-10-22-16)17-11-13-7-4-5-8-15(13)23-17/h4-11,14,18,20-21H,12H2,1-3H3/t14-,18+/m1/s1. The van der Waals surface area contributed by atoms with Gasteiger partial charge in [-0.15, -0.1) is 0 Å². The Bertz CT molecular complexity index is 719. The van der Waals surface area contributed by atoms with E-state index in [1.165, 1.54) is 0 Å². The summed E-state index contributed by atoms with van der Waals surface area (Å²) in [6.07, 6.45) is 0.887. The molecule has 1 aromatic carbocycles. The largest absolute Gasteiger partial charge is 0.467 e. The molecule has 0 saturated carbocycles. The summed E-state index contributed by atoms with van der Waals surface area (Å²) < 4.78 is 11.3. The Kier molecular flexibility index (Phi) is 4.28. The second-order valence-corrected chi connectivity index (χ2v) is 6.93. The molecule has 2 heterocycles. The quantitative estimate of drug-likeness (QED) is 0.731. The summed E-state index contributed by atoms with van der Waals surface area (Å²) >= 11 is 0. The third-order valence-corrected chi connectivity index (χ3v) is 3.98. The maximum Gasteiger partial charge on any atom is 0.134 e. The van der Waals surface area contributed by atoms with E-state index in [4.69, 9.17) is 8.83 Å². The Balaban J connectivity index is 1.80. The smallest absolute Gasteiger partial charge is 0.134 e. The zero-order valence-corrected chi connectivity index (χ0v) is 13.7. The molecule has 2 aromatic heterocycles. The van der Waals surface area contributed by atoms with Gasteiger partial charge in [0.25, 0.3) is 0 Å². The summed E-state index contributed by atoms with van der Waals surface area (Å²) in [7, 11) is 0. The summed E-state index contributed by atoms with van der Waals surface area (Å²) in [6.45, 7) is 6.85. The van der Waals surface area contributed by atoms with Gasteiger partial charge < -0.3 is 19.3 Å². The number of fused-ring (bicyclic) bond motifs is 1. The average Bonchev–Trinajstić information content (AvgIpc) is 3.15. The lowest BCUT2D eigenvalue weighted by Crippen LogP contribution is -2.34. The van der Waals surface area contributed by atoms with E-state index in [1.807, 2.05) is 24.3 Å². The minimum absolute atomic E-state index is 0.0143. The number of rotatable bonds is 5. The van der Waals surface area contributed by atoms with Gasteiger partial charge in [-0.25, -0.2) is 0 Å². The molecule has 0 bridgehead atoms. The second kappa shape index (κ2) is 6.22. The molecule has 3 aromatic rings. The van der Waals surface area contributed by atoms with Crippen LogP contribution in [-0.4, -0.2) is 11.7 Å². The number of para-hydroxylation sites is 1. The number of furan rings is 2. The van der Waals surface area contributed by atoms with E-state index in [0.29, 0.717) is 12.3 Å². The van der Waals surface area contributed by atoms with Crippen LogP contribution in [0.4, 0.5) is 0 Å². The third-order valence-electron chi connectivity index (χ3n) is 3.98. The highest BCUT2D eigenvalue weighted by Gasteiger charge is 2.29. The molecule has 0 amide bonds. The number of nitrogens with one attached hydrogen (secondary N) is 1. The van der Waals surface area contributed by atoms with E-state index in [-0.39, 0.29) is 11.5 Å². The van der Waals surface area contributed by atoms with Gasteiger partial charge in [-0.1, -0.05) is 39.0 Å². The first-order valence-electron chi connectivity index (χ1n) is 7.88. The van der Waals surface area contributed by atoms with Crippen LogP contribution in [0.3, 0.4) is 0 Å². The fourth-order valence-electron chi connectivity index (χ4n) is 2.79. The van der Waals surface area contributed by atoms with Crippen LogP contribution in [0.25, 0.3) is 11.0 Å². The van der Waals surface area contributed by atoms with Gasteiger partial charge in [0.15, 0.2) is 0 Å². The Hall–Kier alpha value is -2.04. The van der Waals surface area contributed by atoms with Gasteiger partial charge in [-0.05, 0) is 29.7 Å². The van der Waals surface area contributed by atoms with Gasteiger partial charge in [-0.2, -0.15) is 0 Å². The van der Waals surface area contributed by atoms with Crippen molar-refractivity contribution in [1.82, 2.24) is 5.32 Å². The zero-order valence-electron chi connectivity index (χ0n) is 13.7.